The maximum Gasteiger partial charge on any atom is 0.0632 e. The number of nitrogens with two attached hydrogens (primary N) is 1. The first-order valence-corrected chi connectivity index (χ1v) is 10.4. The van der Waals surface area contributed by atoms with Crippen LogP contribution in [-0.2, 0) is 0 Å². The highest BCUT2D eigenvalue weighted by molar-refractivity contribution is 6.10. The molecule has 31 heavy (non-hydrogen) atoms. The molecule has 0 spiro atoms. The molecule has 4 rings (SSSR count). The van der Waals surface area contributed by atoms with Gasteiger partial charge in [0.2, 0.25) is 0 Å². The summed E-state index contributed by atoms with van der Waals surface area (Å²) >= 11 is 0. The molecule has 0 saturated carbocycles. The Morgan fingerprint density at radius 2 is 1.26 bits per heavy atom. The molecule has 0 aliphatic heterocycles. The van der Waals surface area contributed by atoms with E-state index in [0.29, 0.717) is 11.4 Å². The van der Waals surface area contributed by atoms with Gasteiger partial charge in [0, 0.05) is 5.70 Å². The molecule has 0 amide bonds. The van der Waals surface area contributed by atoms with Gasteiger partial charge >= 0.3 is 0 Å². The minimum Gasteiger partial charge on any atom is -0.398 e. The third-order valence-electron chi connectivity index (χ3n) is 5.61. The fourth-order valence-corrected chi connectivity index (χ4v) is 3.76. The second-order valence-corrected chi connectivity index (χ2v) is 7.80. The molecule has 0 aromatic heterocycles. The summed E-state index contributed by atoms with van der Waals surface area (Å²) in [5.74, 6) is 0. The molecule has 0 atom stereocenters. The van der Waals surface area contributed by atoms with Crippen molar-refractivity contribution in [2.45, 2.75) is 13.8 Å². The van der Waals surface area contributed by atoms with Crippen molar-refractivity contribution >= 4 is 11.4 Å². The first-order valence-electron chi connectivity index (χ1n) is 10.4. The van der Waals surface area contributed by atoms with Crippen LogP contribution in [0.15, 0.2) is 103 Å². The second kappa shape index (κ2) is 8.85. The molecule has 2 nitrogen and oxygen atoms in total. The van der Waals surface area contributed by atoms with Crippen LogP contribution in [0.25, 0.3) is 28.0 Å². The van der Waals surface area contributed by atoms with E-state index in [1.165, 1.54) is 27.8 Å². The Morgan fingerprint density at radius 1 is 0.645 bits per heavy atom. The Morgan fingerprint density at radius 3 is 1.97 bits per heavy atom. The van der Waals surface area contributed by atoms with E-state index in [4.69, 9.17) is 11.1 Å². The van der Waals surface area contributed by atoms with E-state index in [1.807, 2.05) is 42.5 Å². The summed E-state index contributed by atoms with van der Waals surface area (Å²) in [7, 11) is 0. The summed E-state index contributed by atoms with van der Waals surface area (Å²) in [6, 6.07) is 32.9. The van der Waals surface area contributed by atoms with E-state index in [-0.39, 0.29) is 0 Å². The molecule has 4 aromatic rings. The van der Waals surface area contributed by atoms with Crippen molar-refractivity contribution in [2.75, 3.05) is 0 Å². The third-order valence-corrected chi connectivity index (χ3v) is 5.61. The Hall–Kier alpha value is -3.91. The lowest BCUT2D eigenvalue weighted by atomic mass is 9.92. The minimum absolute atomic E-state index is 0.406. The third kappa shape index (κ3) is 4.49. The van der Waals surface area contributed by atoms with Crippen LogP contribution in [0.1, 0.15) is 22.3 Å². The van der Waals surface area contributed by atoms with Gasteiger partial charge in [-0.15, -0.1) is 0 Å². The summed E-state index contributed by atoms with van der Waals surface area (Å²) in [5, 5.41) is 8.27. The average molecular weight is 403 g/mol. The zero-order valence-corrected chi connectivity index (χ0v) is 17.9. The summed E-state index contributed by atoms with van der Waals surface area (Å²) in [4.78, 5) is 0. The quantitative estimate of drug-likeness (QED) is 0.347. The van der Waals surface area contributed by atoms with Gasteiger partial charge < -0.3 is 11.1 Å². The van der Waals surface area contributed by atoms with Crippen LogP contribution < -0.4 is 5.73 Å². The Bertz CT molecular complexity index is 1250. The molecule has 2 heteroatoms. The van der Waals surface area contributed by atoms with Gasteiger partial charge in [0.25, 0.3) is 0 Å². The van der Waals surface area contributed by atoms with Crippen molar-refractivity contribution in [3.8, 4) is 22.3 Å². The number of hydrogen-bond donors (Lipinski definition) is 2. The van der Waals surface area contributed by atoms with Gasteiger partial charge in [-0.3, -0.25) is 0 Å². The molecule has 0 fully saturated rings. The zero-order valence-electron chi connectivity index (χ0n) is 17.9. The first kappa shape index (κ1) is 20.4. The Balaban J connectivity index is 1.61. The highest BCUT2D eigenvalue weighted by Gasteiger charge is 2.08. The fraction of sp³-hybridized carbons (Fsp3) is 0.0690. The van der Waals surface area contributed by atoms with Crippen molar-refractivity contribution < 1.29 is 0 Å². The topological polar surface area (TPSA) is 49.9 Å². The van der Waals surface area contributed by atoms with Crippen molar-refractivity contribution in [1.29, 1.82) is 5.41 Å². The predicted molar refractivity (Wildman–Crippen MR) is 132 cm³/mol. The smallest absolute Gasteiger partial charge is 0.0632 e. The lowest BCUT2D eigenvalue weighted by Gasteiger charge is -2.12. The first-order chi connectivity index (χ1) is 15.0. The van der Waals surface area contributed by atoms with Gasteiger partial charge in [-0.25, -0.2) is 0 Å². The van der Waals surface area contributed by atoms with Gasteiger partial charge in [0.15, 0.2) is 0 Å². The number of hydrogen-bond acceptors (Lipinski definition) is 2. The molecule has 3 N–H and O–H groups in total. The summed E-state index contributed by atoms with van der Waals surface area (Å²) in [5.41, 5.74) is 16.4. The summed E-state index contributed by atoms with van der Waals surface area (Å²) in [6.07, 6.45) is 1.71. The number of aryl methyl sites for hydroxylation is 2. The molecule has 0 saturated heterocycles. The van der Waals surface area contributed by atoms with Crippen LogP contribution in [0.2, 0.25) is 0 Å². The largest absolute Gasteiger partial charge is 0.398 e. The van der Waals surface area contributed by atoms with E-state index in [2.05, 4.69) is 68.4 Å². The van der Waals surface area contributed by atoms with Gasteiger partial charge in [-0.05, 0) is 70.5 Å². The van der Waals surface area contributed by atoms with Gasteiger partial charge in [0.05, 0.1) is 5.71 Å². The highest BCUT2D eigenvalue weighted by Crippen LogP contribution is 2.31. The van der Waals surface area contributed by atoms with Crippen LogP contribution in [0, 0.1) is 19.3 Å². The van der Waals surface area contributed by atoms with Crippen LogP contribution in [-0.4, -0.2) is 5.71 Å². The Labute approximate surface area is 184 Å². The molecule has 0 heterocycles. The molecule has 152 valence electrons. The lowest BCUT2D eigenvalue weighted by Crippen LogP contribution is -2.02. The van der Waals surface area contributed by atoms with E-state index < -0.39 is 0 Å². The van der Waals surface area contributed by atoms with Gasteiger partial charge in [-0.2, -0.15) is 0 Å². The molecular weight excluding hydrogens is 376 g/mol. The van der Waals surface area contributed by atoms with Crippen molar-refractivity contribution in [1.82, 2.24) is 0 Å². The number of rotatable bonds is 5. The SMILES string of the molecule is Cc1ccccc1-c1cc(-c2ccc(/C(N)=C/C(=N)c3ccccc3)cc2)ccc1C. The molecule has 0 bridgehead atoms. The second-order valence-electron chi connectivity index (χ2n) is 7.80. The number of allylic oxidation sites excluding steroid dienone is 1. The van der Waals surface area contributed by atoms with E-state index in [0.717, 1.165) is 16.7 Å². The Kier molecular flexibility index (Phi) is 5.81. The summed E-state index contributed by atoms with van der Waals surface area (Å²) in [6.45, 7) is 4.31. The minimum atomic E-state index is 0.406. The van der Waals surface area contributed by atoms with Crippen molar-refractivity contribution in [2.24, 2.45) is 5.73 Å². The van der Waals surface area contributed by atoms with E-state index >= 15 is 0 Å². The van der Waals surface area contributed by atoms with Crippen LogP contribution in [0.3, 0.4) is 0 Å². The zero-order chi connectivity index (χ0) is 21.8. The maximum absolute atomic E-state index is 8.27. The highest BCUT2D eigenvalue weighted by atomic mass is 14.6. The molecular formula is C29H26N2. The number of benzene rings is 4. The lowest BCUT2D eigenvalue weighted by molar-refractivity contribution is 1.40. The fourth-order valence-electron chi connectivity index (χ4n) is 3.76. The van der Waals surface area contributed by atoms with Crippen molar-refractivity contribution in [3.05, 3.63) is 125 Å². The average Bonchev–Trinajstić information content (AvgIpc) is 2.80. The predicted octanol–water partition coefficient (Wildman–Crippen LogP) is 7.01. The van der Waals surface area contributed by atoms with Crippen LogP contribution in [0.5, 0.6) is 0 Å². The standard InChI is InChI=1S/C29H26N2/c1-20-8-6-7-11-26(20)27-18-25(13-12-21(27)2)22-14-16-24(17-15-22)29(31)19-28(30)23-9-4-3-5-10-23/h3-19,30H,31H2,1-2H3/b29-19-,30-28?. The molecule has 4 aromatic carbocycles. The monoisotopic (exact) mass is 402 g/mol. The van der Waals surface area contributed by atoms with E-state index in [1.54, 1.807) is 6.08 Å². The van der Waals surface area contributed by atoms with Gasteiger partial charge in [-0.1, -0.05) is 91.0 Å². The van der Waals surface area contributed by atoms with E-state index in [9.17, 15) is 0 Å². The molecule has 0 radical (unpaired) electrons. The molecule has 0 aliphatic carbocycles. The van der Waals surface area contributed by atoms with Gasteiger partial charge in [0.1, 0.15) is 0 Å². The normalized spacial score (nSPS) is 11.4. The van der Waals surface area contributed by atoms with Crippen LogP contribution in [0.4, 0.5) is 0 Å². The molecule has 0 unspecified atom stereocenters. The van der Waals surface area contributed by atoms with Crippen LogP contribution >= 0.6 is 0 Å². The molecule has 0 aliphatic rings. The number of nitrogens with one attached hydrogen (secondary N) is 1. The van der Waals surface area contributed by atoms with Crippen molar-refractivity contribution in [3.63, 3.8) is 0 Å². The summed E-state index contributed by atoms with van der Waals surface area (Å²) < 4.78 is 0. The maximum atomic E-state index is 8.27.